The van der Waals surface area contributed by atoms with Gasteiger partial charge in [-0.3, -0.25) is 4.98 Å². The monoisotopic (exact) mass is 268 g/mol. The summed E-state index contributed by atoms with van der Waals surface area (Å²) < 4.78 is 5.20. The molecule has 3 rings (SSSR count). The molecule has 0 fully saturated rings. The van der Waals surface area contributed by atoms with Gasteiger partial charge in [0.05, 0.1) is 0 Å². The lowest BCUT2D eigenvalue weighted by atomic mass is 10.2. The molecule has 3 aromatic heterocycles. The van der Waals surface area contributed by atoms with Crippen LogP contribution >= 0.6 is 0 Å². The van der Waals surface area contributed by atoms with Crippen molar-refractivity contribution in [3.05, 3.63) is 42.0 Å². The van der Waals surface area contributed by atoms with Crippen LogP contribution in [0.2, 0.25) is 0 Å². The first-order valence-corrected chi connectivity index (χ1v) is 6.05. The molecule has 0 amide bonds. The van der Waals surface area contributed by atoms with Crippen molar-refractivity contribution in [1.29, 1.82) is 0 Å². The Kier molecular flexibility index (Phi) is 3.18. The Balaban J connectivity index is 1.93. The summed E-state index contributed by atoms with van der Waals surface area (Å²) in [7, 11) is 0. The highest BCUT2D eigenvalue weighted by molar-refractivity contribution is 5.53. The van der Waals surface area contributed by atoms with E-state index >= 15 is 0 Å². The molecule has 3 heterocycles. The van der Waals surface area contributed by atoms with Crippen molar-refractivity contribution in [1.82, 2.24) is 25.1 Å². The van der Waals surface area contributed by atoms with E-state index in [2.05, 4.69) is 25.1 Å². The normalized spacial score (nSPS) is 10.7. The minimum atomic E-state index is 0.347. The molecule has 3 aromatic rings. The van der Waals surface area contributed by atoms with E-state index in [0.717, 1.165) is 5.56 Å². The Morgan fingerprint density at radius 3 is 2.70 bits per heavy atom. The van der Waals surface area contributed by atoms with E-state index in [1.54, 1.807) is 31.5 Å². The Morgan fingerprint density at radius 1 is 1.10 bits per heavy atom. The van der Waals surface area contributed by atoms with Gasteiger partial charge in [-0.15, -0.1) is 0 Å². The molecule has 7 heteroatoms. The highest BCUT2D eigenvalue weighted by Gasteiger charge is 2.12. The summed E-state index contributed by atoms with van der Waals surface area (Å²) in [4.78, 5) is 16.8. The summed E-state index contributed by atoms with van der Waals surface area (Å²) in [6, 6.07) is 5.40. The van der Waals surface area contributed by atoms with Crippen molar-refractivity contribution >= 4 is 0 Å². The van der Waals surface area contributed by atoms with E-state index in [1.807, 2.05) is 6.07 Å². The number of aryl methyl sites for hydroxylation is 1. The third kappa shape index (κ3) is 2.39. The molecule has 0 saturated heterocycles. The molecule has 0 atom stereocenters. The lowest BCUT2D eigenvalue weighted by Crippen LogP contribution is -1.97. The van der Waals surface area contributed by atoms with Crippen molar-refractivity contribution < 1.29 is 4.52 Å². The summed E-state index contributed by atoms with van der Waals surface area (Å²) in [5.74, 6) is 1.41. The molecule has 0 aliphatic heterocycles. The molecule has 0 spiro atoms. The predicted octanol–water partition coefficient (Wildman–Crippen LogP) is 1.36. The van der Waals surface area contributed by atoms with Crippen LogP contribution < -0.4 is 5.73 Å². The maximum Gasteiger partial charge on any atom is 0.276 e. The molecule has 2 N–H and O–H groups in total. The van der Waals surface area contributed by atoms with E-state index in [1.165, 1.54) is 0 Å². The van der Waals surface area contributed by atoms with Crippen molar-refractivity contribution in [3.8, 4) is 23.1 Å². The Bertz CT molecular complexity index is 722. The van der Waals surface area contributed by atoms with E-state index < -0.39 is 0 Å². The molecule has 0 radical (unpaired) electrons. The standard InChI is InChI=1S/C13H12N6O/c1-8-15-5-4-10(17-8)12-18-13(20-19-12)11-3-2-9(6-14)7-16-11/h2-5,7H,6,14H2,1H3. The van der Waals surface area contributed by atoms with Crippen LogP contribution in [0.5, 0.6) is 0 Å². The van der Waals surface area contributed by atoms with Gasteiger partial charge in [0.15, 0.2) is 0 Å². The minimum absolute atomic E-state index is 0.347. The Labute approximate surface area is 114 Å². The van der Waals surface area contributed by atoms with Gasteiger partial charge in [-0.1, -0.05) is 11.2 Å². The third-order valence-electron chi connectivity index (χ3n) is 2.71. The van der Waals surface area contributed by atoms with Crippen LogP contribution in [0, 0.1) is 6.92 Å². The maximum absolute atomic E-state index is 5.53. The van der Waals surface area contributed by atoms with Gasteiger partial charge < -0.3 is 10.3 Å². The largest absolute Gasteiger partial charge is 0.332 e. The Morgan fingerprint density at radius 2 is 2.00 bits per heavy atom. The van der Waals surface area contributed by atoms with Crippen LogP contribution in [-0.4, -0.2) is 25.1 Å². The second-order valence-electron chi connectivity index (χ2n) is 4.17. The average Bonchev–Trinajstić information content (AvgIpc) is 2.97. The molecule has 0 aromatic carbocycles. The van der Waals surface area contributed by atoms with Gasteiger partial charge in [0.25, 0.3) is 5.89 Å². The highest BCUT2D eigenvalue weighted by atomic mass is 16.5. The number of rotatable bonds is 3. The van der Waals surface area contributed by atoms with Gasteiger partial charge in [0.2, 0.25) is 5.82 Å². The van der Waals surface area contributed by atoms with E-state index in [0.29, 0.717) is 35.5 Å². The number of hydrogen-bond acceptors (Lipinski definition) is 7. The van der Waals surface area contributed by atoms with Gasteiger partial charge in [-0.05, 0) is 24.6 Å². The number of aromatic nitrogens is 5. The van der Waals surface area contributed by atoms with Crippen LogP contribution in [0.3, 0.4) is 0 Å². The zero-order valence-corrected chi connectivity index (χ0v) is 10.8. The smallest absolute Gasteiger partial charge is 0.276 e. The number of hydrogen-bond donors (Lipinski definition) is 1. The number of nitrogens with zero attached hydrogens (tertiary/aromatic N) is 5. The fourth-order valence-corrected chi connectivity index (χ4v) is 1.68. The summed E-state index contributed by atoms with van der Waals surface area (Å²) in [5, 5.41) is 3.91. The van der Waals surface area contributed by atoms with Crippen molar-refractivity contribution in [2.24, 2.45) is 5.73 Å². The highest BCUT2D eigenvalue weighted by Crippen LogP contribution is 2.19. The van der Waals surface area contributed by atoms with Crippen LogP contribution in [0.1, 0.15) is 11.4 Å². The lowest BCUT2D eigenvalue weighted by molar-refractivity contribution is 0.430. The van der Waals surface area contributed by atoms with Crippen LogP contribution in [0.4, 0.5) is 0 Å². The molecule has 0 aliphatic rings. The van der Waals surface area contributed by atoms with Gasteiger partial charge in [-0.2, -0.15) is 4.98 Å². The van der Waals surface area contributed by atoms with E-state index in [4.69, 9.17) is 10.3 Å². The van der Waals surface area contributed by atoms with Crippen LogP contribution in [0.25, 0.3) is 23.1 Å². The molecule has 0 unspecified atom stereocenters. The SMILES string of the molecule is Cc1nccc(-c2noc(-c3ccc(CN)cn3)n2)n1. The zero-order valence-electron chi connectivity index (χ0n) is 10.8. The first-order chi connectivity index (χ1) is 9.76. The maximum atomic E-state index is 5.53. The van der Waals surface area contributed by atoms with E-state index in [-0.39, 0.29) is 0 Å². The molecular formula is C13H12N6O. The quantitative estimate of drug-likeness (QED) is 0.764. The number of nitrogens with two attached hydrogens (primary N) is 1. The molecule has 0 aliphatic carbocycles. The average molecular weight is 268 g/mol. The fourth-order valence-electron chi connectivity index (χ4n) is 1.68. The predicted molar refractivity (Wildman–Crippen MR) is 71.2 cm³/mol. The summed E-state index contributed by atoms with van der Waals surface area (Å²) in [5.41, 5.74) is 7.69. The van der Waals surface area contributed by atoms with Crippen LogP contribution in [0.15, 0.2) is 35.1 Å². The Hall–Kier alpha value is -2.67. The lowest BCUT2D eigenvalue weighted by Gasteiger charge is -1.96. The van der Waals surface area contributed by atoms with Crippen LogP contribution in [-0.2, 0) is 6.54 Å². The summed E-state index contributed by atoms with van der Waals surface area (Å²) >= 11 is 0. The summed E-state index contributed by atoms with van der Waals surface area (Å²) in [6.07, 6.45) is 3.34. The van der Waals surface area contributed by atoms with E-state index in [9.17, 15) is 0 Å². The van der Waals surface area contributed by atoms with Crippen molar-refractivity contribution in [3.63, 3.8) is 0 Å². The summed E-state index contributed by atoms with van der Waals surface area (Å²) in [6.45, 7) is 2.25. The minimum Gasteiger partial charge on any atom is -0.332 e. The molecule has 7 nitrogen and oxygen atoms in total. The molecular weight excluding hydrogens is 256 g/mol. The topological polar surface area (TPSA) is 104 Å². The van der Waals surface area contributed by atoms with Gasteiger partial charge in [0.1, 0.15) is 17.2 Å². The first kappa shape index (κ1) is 12.4. The fraction of sp³-hybridized carbons (Fsp3) is 0.154. The molecule has 100 valence electrons. The molecule has 0 saturated carbocycles. The van der Waals surface area contributed by atoms with Crippen molar-refractivity contribution in [2.75, 3.05) is 0 Å². The van der Waals surface area contributed by atoms with Crippen molar-refractivity contribution in [2.45, 2.75) is 13.5 Å². The second-order valence-corrected chi connectivity index (χ2v) is 4.17. The van der Waals surface area contributed by atoms with Gasteiger partial charge in [0, 0.05) is 18.9 Å². The molecule has 20 heavy (non-hydrogen) atoms. The third-order valence-corrected chi connectivity index (χ3v) is 2.71. The van der Waals surface area contributed by atoms with Gasteiger partial charge >= 0.3 is 0 Å². The number of pyridine rings is 1. The zero-order chi connectivity index (χ0) is 13.9. The molecule has 0 bridgehead atoms. The first-order valence-electron chi connectivity index (χ1n) is 6.05. The van der Waals surface area contributed by atoms with Gasteiger partial charge in [-0.25, -0.2) is 9.97 Å². The second kappa shape index (κ2) is 5.14.